The van der Waals surface area contributed by atoms with Crippen molar-refractivity contribution in [2.45, 2.75) is 6.92 Å². The first-order valence-electron chi connectivity index (χ1n) is 14.1. The van der Waals surface area contributed by atoms with Crippen molar-refractivity contribution in [1.29, 1.82) is 0 Å². The molecule has 0 atom stereocenters. The van der Waals surface area contributed by atoms with E-state index < -0.39 is 5.69 Å². The highest BCUT2D eigenvalue weighted by atomic mass is 35.5. The van der Waals surface area contributed by atoms with Crippen LogP contribution in [0.2, 0.25) is 10.0 Å². The molecule has 0 aliphatic heterocycles. The second-order valence-electron chi connectivity index (χ2n) is 10.8. The first kappa shape index (κ1) is 32.7. The fourth-order valence-corrected chi connectivity index (χ4v) is 6.43. The van der Waals surface area contributed by atoms with Gasteiger partial charge in [-0.1, -0.05) is 29.3 Å². The summed E-state index contributed by atoms with van der Waals surface area (Å²) in [5, 5.41) is 8.29. The third kappa shape index (κ3) is 6.21. The minimum absolute atomic E-state index is 0.336. The van der Waals surface area contributed by atoms with Crippen molar-refractivity contribution in [1.82, 2.24) is 19.1 Å². The number of nitrogens with one attached hydrogen (secondary N) is 1. The maximum absolute atomic E-state index is 12.6. The molecule has 6 rings (SSSR count). The SMILES string of the molecule is CNc1cccc(-n2c(=O)nc(N(C)C)c3ccc(Cl)cc32)c1.Cc1c(C=O)csc1-n1c(=O)nc(N(C)C)c2ccc(Cl)cc21. The minimum atomic E-state index is -0.397. The van der Waals surface area contributed by atoms with Gasteiger partial charge in [0.2, 0.25) is 0 Å². The molecule has 0 unspecified atom stereocenters. The summed E-state index contributed by atoms with van der Waals surface area (Å²) in [7, 11) is 9.23. The van der Waals surface area contributed by atoms with Crippen LogP contribution >= 0.6 is 34.5 Å². The van der Waals surface area contributed by atoms with Crippen LogP contribution in [-0.2, 0) is 0 Å². The van der Waals surface area contributed by atoms with Gasteiger partial charge in [0.25, 0.3) is 0 Å². The minimum Gasteiger partial charge on any atom is -0.388 e. The molecule has 3 aromatic heterocycles. The molecular weight excluding hydrogens is 645 g/mol. The Bertz CT molecular complexity index is 2220. The Hall–Kier alpha value is -4.71. The van der Waals surface area contributed by atoms with Gasteiger partial charge in [-0.05, 0) is 67.1 Å². The highest BCUT2D eigenvalue weighted by Gasteiger charge is 2.18. The van der Waals surface area contributed by atoms with Crippen molar-refractivity contribution < 1.29 is 4.79 Å². The molecule has 236 valence electrons. The lowest BCUT2D eigenvalue weighted by Gasteiger charge is -2.17. The predicted octanol–water partition coefficient (Wildman–Crippen LogP) is 6.43. The number of rotatable bonds is 6. The number of aldehydes is 1. The lowest BCUT2D eigenvalue weighted by atomic mass is 10.2. The zero-order chi connectivity index (χ0) is 33.3. The first-order chi connectivity index (χ1) is 21.9. The molecule has 0 saturated carbocycles. The van der Waals surface area contributed by atoms with E-state index in [2.05, 4.69) is 15.3 Å². The topological polar surface area (TPSA) is 105 Å². The molecule has 10 nitrogen and oxygen atoms in total. The van der Waals surface area contributed by atoms with Gasteiger partial charge >= 0.3 is 11.4 Å². The molecular formula is C33H31Cl2N7O3S. The number of nitrogens with zero attached hydrogens (tertiary/aromatic N) is 6. The van der Waals surface area contributed by atoms with Crippen LogP contribution in [0.4, 0.5) is 17.3 Å². The number of aromatic nitrogens is 4. The van der Waals surface area contributed by atoms with E-state index in [-0.39, 0.29) is 5.69 Å². The van der Waals surface area contributed by atoms with Crippen molar-refractivity contribution >= 4 is 80.0 Å². The van der Waals surface area contributed by atoms with Crippen molar-refractivity contribution in [3.8, 4) is 10.7 Å². The van der Waals surface area contributed by atoms with Crippen LogP contribution in [0.5, 0.6) is 0 Å². The fraction of sp³-hybridized carbons (Fsp3) is 0.182. The molecule has 0 aliphatic carbocycles. The van der Waals surface area contributed by atoms with Gasteiger partial charge in [0.1, 0.15) is 16.6 Å². The molecule has 0 aliphatic rings. The molecule has 13 heteroatoms. The average molecular weight is 677 g/mol. The number of carbonyl (C=O) groups excluding carboxylic acids is 1. The third-order valence-corrected chi connectivity index (χ3v) is 8.84. The zero-order valence-corrected chi connectivity index (χ0v) is 28.3. The van der Waals surface area contributed by atoms with E-state index in [0.29, 0.717) is 37.8 Å². The molecule has 46 heavy (non-hydrogen) atoms. The number of anilines is 3. The number of halogens is 2. The summed E-state index contributed by atoms with van der Waals surface area (Å²) in [4.78, 5) is 48.4. The van der Waals surface area contributed by atoms with Crippen LogP contribution in [0.3, 0.4) is 0 Å². The van der Waals surface area contributed by atoms with E-state index in [0.717, 1.165) is 39.5 Å². The number of carbonyl (C=O) groups is 1. The van der Waals surface area contributed by atoms with Crippen LogP contribution in [0.25, 0.3) is 32.5 Å². The summed E-state index contributed by atoms with van der Waals surface area (Å²) in [6.45, 7) is 1.82. The van der Waals surface area contributed by atoms with E-state index in [9.17, 15) is 14.4 Å². The summed E-state index contributed by atoms with van der Waals surface area (Å²) in [5.74, 6) is 1.21. The van der Waals surface area contributed by atoms with E-state index in [1.54, 1.807) is 39.1 Å². The van der Waals surface area contributed by atoms with Crippen LogP contribution in [0, 0.1) is 6.92 Å². The van der Waals surface area contributed by atoms with Gasteiger partial charge in [0, 0.05) is 72.7 Å². The summed E-state index contributed by atoms with van der Waals surface area (Å²) in [6.07, 6.45) is 0.789. The van der Waals surface area contributed by atoms with Gasteiger partial charge in [-0.15, -0.1) is 11.3 Å². The first-order valence-corrected chi connectivity index (χ1v) is 15.7. The zero-order valence-electron chi connectivity index (χ0n) is 26.0. The molecule has 0 fully saturated rings. The molecule has 0 amide bonds. The predicted molar refractivity (Wildman–Crippen MR) is 191 cm³/mol. The number of hydrogen-bond acceptors (Lipinski definition) is 9. The summed E-state index contributed by atoms with van der Waals surface area (Å²) in [6, 6.07) is 18.4. The lowest BCUT2D eigenvalue weighted by Crippen LogP contribution is -2.25. The van der Waals surface area contributed by atoms with Gasteiger partial charge in [-0.2, -0.15) is 9.97 Å². The van der Waals surface area contributed by atoms with Crippen molar-refractivity contribution in [2.75, 3.05) is 50.4 Å². The molecule has 3 aromatic carbocycles. The van der Waals surface area contributed by atoms with Crippen LogP contribution in [0.15, 0.2) is 75.6 Å². The summed E-state index contributed by atoms with van der Waals surface area (Å²) < 4.78 is 3.09. The Balaban J connectivity index is 0.000000181. The van der Waals surface area contributed by atoms with Crippen molar-refractivity contribution in [3.05, 3.63) is 108 Å². The van der Waals surface area contributed by atoms with Gasteiger partial charge in [0.15, 0.2) is 6.29 Å². The molecule has 0 bridgehead atoms. The molecule has 0 spiro atoms. The van der Waals surface area contributed by atoms with E-state index in [4.69, 9.17) is 23.2 Å². The van der Waals surface area contributed by atoms with Gasteiger partial charge < -0.3 is 15.1 Å². The highest BCUT2D eigenvalue weighted by molar-refractivity contribution is 7.13. The van der Waals surface area contributed by atoms with E-state index in [1.165, 1.54) is 15.9 Å². The number of hydrogen-bond donors (Lipinski definition) is 1. The Morgan fingerprint density at radius 1 is 0.804 bits per heavy atom. The Morgan fingerprint density at radius 2 is 1.35 bits per heavy atom. The number of benzene rings is 3. The second-order valence-corrected chi connectivity index (χ2v) is 12.5. The van der Waals surface area contributed by atoms with Crippen molar-refractivity contribution in [2.24, 2.45) is 0 Å². The van der Waals surface area contributed by atoms with Gasteiger partial charge in [0.05, 0.1) is 16.7 Å². The largest absolute Gasteiger partial charge is 0.388 e. The standard InChI is InChI=1S/C17H17ClN4O.C16H14ClN3O2S/c1-19-12-5-4-6-13(10-12)22-15-9-11(18)7-8-14(15)16(21(2)3)20-17(22)23;1-9-10(7-21)8-23-15(9)20-13-6-11(17)4-5-12(13)14(19(2)3)18-16(20)22/h4-10,19H,1-3H3;4-8H,1-3H3. The monoisotopic (exact) mass is 675 g/mol. The maximum Gasteiger partial charge on any atom is 0.355 e. The fourth-order valence-electron chi connectivity index (χ4n) is 5.05. The van der Waals surface area contributed by atoms with Crippen LogP contribution in [0.1, 0.15) is 15.9 Å². The number of fused-ring (bicyclic) bond motifs is 2. The normalized spacial score (nSPS) is 10.9. The maximum atomic E-state index is 12.6. The molecule has 1 N–H and O–H groups in total. The Morgan fingerprint density at radius 3 is 1.85 bits per heavy atom. The quantitative estimate of drug-likeness (QED) is 0.201. The van der Waals surface area contributed by atoms with Crippen LogP contribution in [-0.4, -0.2) is 60.6 Å². The van der Waals surface area contributed by atoms with E-state index in [1.807, 2.05) is 83.5 Å². The molecule has 0 radical (unpaired) electrons. The third-order valence-electron chi connectivity index (χ3n) is 7.29. The van der Waals surface area contributed by atoms with Crippen molar-refractivity contribution in [3.63, 3.8) is 0 Å². The summed E-state index contributed by atoms with van der Waals surface area (Å²) >= 11 is 13.6. The summed E-state index contributed by atoms with van der Waals surface area (Å²) in [5.41, 5.74) is 3.66. The highest BCUT2D eigenvalue weighted by Crippen LogP contribution is 2.31. The van der Waals surface area contributed by atoms with Crippen LogP contribution < -0.4 is 26.5 Å². The Kier molecular flexibility index (Phi) is 9.47. The molecule has 6 aromatic rings. The molecule has 3 heterocycles. The lowest BCUT2D eigenvalue weighted by molar-refractivity contribution is 0.112. The van der Waals surface area contributed by atoms with Gasteiger partial charge in [-0.25, -0.2) is 9.59 Å². The molecule has 0 saturated heterocycles. The average Bonchev–Trinajstić information content (AvgIpc) is 3.39. The smallest absolute Gasteiger partial charge is 0.355 e. The van der Waals surface area contributed by atoms with E-state index >= 15 is 0 Å². The second kappa shape index (κ2) is 13.3. The number of thiophene rings is 1. The van der Waals surface area contributed by atoms with Gasteiger partial charge in [-0.3, -0.25) is 13.9 Å². The Labute approximate surface area is 279 Å².